The van der Waals surface area contributed by atoms with E-state index in [0.29, 0.717) is 23.5 Å². The van der Waals surface area contributed by atoms with Gasteiger partial charge in [-0.1, -0.05) is 37.9 Å². The van der Waals surface area contributed by atoms with Gasteiger partial charge in [-0.05, 0) is 44.6 Å². The van der Waals surface area contributed by atoms with Crippen LogP contribution in [0.25, 0.3) is 10.2 Å². The quantitative estimate of drug-likeness (QED) is 0.450. The van der Waals surface area contributed by atoms with Crippen LogP contribution in [0.15, 0.2) is 9.95 Å². The van der Waals surface area contributed by atoms with Crippen molar-refractivity contribution in [1.29, 1.82) is 0 Å². The van der Waals surface area contributed by atoms with Crippen LogP contribution < -0.4 is 5.56 Å². The molecule has 1 unspecified atom stereocenters. The molecule has 2 aliphatic rings. The van der Waals surface area contributed by atoms with Crippen molar-refractivity contribution in [2.45, 2.75) is 89.1 Å². The maximum atomic E-state index is 13.5. The van der Waals surface area contributed by atoms with E-state index < -0.39 is 0 Å². The number of carbonyl (C=O) groups is 1. The Morgan fingerprint density at radius 1 is 1.26 bits per heavy atom. The number of nitrogens with zero attached hydrogens (tertiary/aromatic N) is 3. The van der Waals surface area contributed by atoms with Gasteiger partial charge in [0.15, 0.2) is 5.16 Å². The minimum absolute atomic E-state index is 0.0114. The van der Waals surface area contributed by atoms with Crippen LogP contribution in [0.4, 0.5) is 0 Å². The van der Waals surface area contributed by atoms with E-state index >= 15 is 0 Å². The number of thiophene rings is 1. The number of hydrogen-bond acceptors (Lipinski definition) is 6. The molecule has 8 heteroatoms. The van der Waals surface area contributed by atoms with Crippen molar-refractivity contribution in [2.24, 2.45) is 0 Å². The minimum Gasteiger partial charge on any atom is -0.376 e. The first-order chi connectivity index (χ1) is 15.0. The van der Waals surface area contributed by atoms with Crippen molar-refractivity contribution < 1.29 is 9.53 Å². The van der Waals surface area contributed by atoms with Gasteiger partial charge >= 0.3 is 0 Å². The normalized spacial score (nSPS) is 19.9. The molecule has 2 aromatic rings. The molecule has 4 rings (SSSR count). The minimum atomic E-state index is 0.0114. The fourth-order valence-electron chi connectivity index (χ4n) is 4.82. The van der Waals surface area contributed by atoms with Gasteiger partial charge in [0.25, 0.3) is 5.56 Å². The molecule has 1 aliphatic heterocycles. The molecule has 0 spiro atoms. The van der Waals surface area contributed by atoms with Crippen LogP contribution in [-0.2, 0) is 22.5 Å². The highest BCUT2D eigenvalue weighted by Gasteiger charge is 2.25. The first kappa shape index (κ1) is 22.8. The molecule has 0 radical (unpaired) electrons. The number of rotatable bonds is 7. The predicted octanol–water partition coefficient (Wildman–Crippen LogP) is 4.39. The lowest BCUT2D eigenvalue weighted by molar-refractivity contribution is -0.129. The third-order valence-corrected chi connectivity index (χ3v) is 8.68. The topological polar surface area (TPSA) is 64.4 Å². The van der Waals surface area contributed by atoms with Crippen LogP contribution in [0.5, 0.6) is 0 Å². The van der Waals surface area contributed by atoms with Crippen molar-refractivity contribution in [3.8, 4) is 0 Å². The van der Waals surface area contributed by atoms with Gasteiger partial charge in [0.05, 0.1) is 23.8 Å². The van der Waals surface area contributed by atoms with E-state index in [0.717, 1.165) is 59.4 Å². The largest absolute Gasteiger partial charge is 0.376 e. The van der Waals surface area contributed by atoms with E-state index in [4.69, 9.17) is 9.72 Å². The standard InChI is InChI=1S/C23H33N3O3S2/c1-4-18-15(2)31-21-20(18)22(28)26(13-17-11-8-12-29-17)23(24-21)30-14-19(27)25(3)16-9-6-5-7-10-16/h16-17H,4-14H2,1-3H3. The summed E-state index contributed by atoms with van der Waals surface area (Å²) in [5.74, 6) is 0.424. The molecule has 170 valence electrons. The number of thioether (sulfide) groups is 1. The smallest absolute Gasteiger partial charge is 0.263 e. The molecule has 6 nitrogen and oxygen atoms in total. The molecule has 2 fully saturated rings. The third kappa shape index (κ3) is 4.86. The molecule has 1 aliphatic carbocycles. The van der Waals surface area contributed by atoms with Crippen molar-refractivity contribution in [2.75, 3.05) is 19.4 Å². The summed E-state index contributed by atoms with van der Waals surface area (Å²) in [5, 5.41) is 1.39. The number of ether oxygens (including phenoxy) is 1. The maximum Gasteiger partial charge on any atom is 0.263 e. The average molecular weight is 464 g/mol. The molecule has 0 aromatic carbocycles. The van der Waals surface area contributed by atoms with Gasteiger partial charge in [-0.25, -0.2) is 4.98 Å². The van der Waals surface area contributed by atoms with Crippen LogP contribution in [0, 0.1) is 6.92 Å². The van der Waals surface area contributed by atoms with Crippen molar-refractivity contribution >= 4 is 39.2 Å². The monoisotopic (exact) mass is 463 g/mol. The summed E-state index contributed by atoms with van der Waals surface area (Å²) in [6.45, 7) is 5.40. The fourth-order valence-corrected chi connectivity index (χ4v) is 6.91. The average Bonchev–Trinajstić information content (AvgIpc) is 3.41. The Labute approximate surface area is 192 Å². The fraction of sp³-hybridized carbons (Fsp3) is 0.696. The first-order valence-electron chi connectivity index (χ1n) is 11.5. The number of fused-ring (bicyclic) bond motifs is 1. The highest BCUT2D eigenvalue weighted by Crippen LogP contribution is 2.30. The summed E-state index contributed by atoms with van der Waals surface area (Å²) in [4.78, 5) is 35.1. The second-order valence-electron chi connectivity index (χ2n) is 8.70. The summed E-state index contributed by atoms with van der Waals surface area (Å²) in [6, 6.07) is 0.346. The molecule has 1 atom stereocenters. The third-order valence-electron chi connectivity index (χ3n) is 6.68. The van der Waals surface area contributed by atoms with Gasteiger partial charge in [-0.15, -0.1) is 11.3 Å². The van der Waals surface area contributed by atoms with Crippen LogP contribution >= 0.6 is 23.1 Å². The van der Waals surface area contributed by atoms with Crippen LogP contribution in [0.2, 0.25) is 0 Å². The Morgan fingerprint density at radius 2 is 2.03 bits per heavy atom. The zero-order valence-electron chi connectivity index (χ0n) is 18.8. The number of aromatic nitrogens is 2. The van der Waals surface area contributed by atoms with E-state index in [9.17, 15) is 9.59 Å². The lowest BCUT2D eigenvalue weighted by Crippen LogP contribution is -2.39. The summed E-state index contributed by atoms with van der Waals surface area (Å²) in [7, 11) is 1.92. The van der Waals surface area contributed by atoms with Gasteiger partial charge in [-0.2, -0.15) is 0 Å². The molecule has 3 heterocycles. The number of aryl methyl sites for hydroxylation is 2. The molecule has 1 amide bonds. The Hall–Kier alpha value is -1.38. The molecule has 0 N–H and O–H groups in total. The molecule has 0 bridgehead atoms. The zero-order valence-corrected chi connectivity index (χ0v) is 20.4. The molecule has 1 saturated carbocycles. The summed E-state index contributed by atoms with van der Waals surface area (Å²) in [6.07, 6.45) is 8.71. The van der Waals surface area contributed by atoms with E-state index in [1.165, 1.54) is 31.0 Å². The highest BCUT2D eigenvalue weighted by molar-refractivity contribution is 7.99. The summed E-state index contributed by atoms with van der Waals surface area (Å²) >= 11 is 2.98. The lowest BCUT2D eigenvalue weighted by Gasteiger charge is -2.31. The second-order valence-corrected chi connectivity index (χ2v) is 10.8. The Morgan fingerprint density at radius 3 is 2.71 bits per heavy atom. The van der Waals surface area contributed by atoms with E-state index in [-0.39, 0.29) is 17.6 Å². The Kier molecular flexibility index (Phi) is 7.39. The molecule has 31 heavy (non-hydrogen) atoms. The van der Waals surface area contributed by atoms with Crippen LogP contribution in [-0.4, -0.2) is 51.9 Å². The number of hydrogen-bond donors (Lipinski definition) is 0. The van der Waals surface area contributed by atoms with Crippen LogP contribution in [0.3, 0.4) is 0 Å². The Bertz CT molecular complexity index is 988. The van der Waals surface area contributed by atoms with Gasteiger partial charge < -0.3 is 9.64 Å². The van der Waals surface area contributed by atoms with E-state index in [1.54, 1.807) is 15.9 Å². The second kappa shape index (κ2) is 10.0. The molecule has 1 saturated heterocycles. The summed E-state index contributed by atoms with van der Waals surface area (Å²) < 4.78 is 7.58. The molecular formula is C23H33N3O3S2. The zero-order chi connectivity index (χ0) is 22.0. The van der Waals surface area contributed by atoms with Gasteiger partial charge in [0.2, 0.25) is 5.91 Å². The van der Waals surface area contributed by atoms with E-state index in [1.807, 2.05) is 11.9 Å². The van der Waals surface area contributed by atoms with Gasteiger partial charge in [0.1, 0.15) is 4.83 Å². The SMILES string of the molecule is CCc1c(C)sc2nc(SCC(=O)N(C)C3CCCCC3)n(CC3CCCO3)c(=O)c12. The molecular weight excluding hydrogens is 430 g/mol. The first-order valence-corrected chi connectivity index (χ1v) is 13.3. The van der Waals surface area contributed by atoms with Gasteiger partial charge in [0, 0.05) is 24.6 Å². The van der Waals surface area contributed by atoms with Crippen LogP contribution in [0.1, 0.15) is 62.3 Å². The number of amides is 1. The van der Waals surface area contributed by atoms with Crippen molar-refractivity contribution in [3.05, 3.63) is 20.8 Å². The Balaban J connectivity index is 1.60. The van der Waals surface area contributed by atoms with Crippen molar-refractivity contribution in [1.82, 2.24) is 14.5 Å². The van der Waals surface area contributed by atoms with Crippen molar-refractivity contribution in [3.63, 3.8) is 0 Å². The predicted molar refractivity (Wildman–Crippen MR) is 127 cm³/mol. The maximum absolute atomic E-state index is 13.5. The number of carbonyl (C=O) groups excluding carboxylic acids is 1. The summed E-state index contributed by atoms with van der Waals surface area (Å²) in [5.41, 5.74) is 1.11. The van der Waals surface area contributed by atoms with E-state index in [2.05, 4.69) is 13.8 Å². The van der Waals surface area contributed by atoms with Gasteiger partial charge in [-0.3, -0.25) is 14.2 Å². The lowest BCUT2D eigenvalue weighted by atomic mass is 9.94. The highest BCUT2D eigenvalue weighted by atomic mass is 32.2. The molecule has 2 aromatic heterocycles.